The van der Waals surface area contributed by atoms with Crippen LogP contribution in [0.5, 0.6) is 0 Å². The molecule has 1 amide bonds. The number of carbonyl (C=O) groups is 1. The SMILES string of the molecule is Cc1ccnc2c(=O)n3c(c(-c4ccc(F)cc4)c12)C(=O)N(Cc1cc(C(F)(F)F)cc(C(F)(F)F)c1)C[C@H](C)C3. The van der Waals surface area contributed by atoms with Crippen LogP contribution < -0.4 is 5.56 Å². The number of aromatic nitrogens is 2. The highest BCUT2D eigenvalue weighted by atomic mass is 19.4. The van der Waals surface area contributed by atoms with E-state index in [1.54, 1.807) is 19.9 Å². The van der Waals surface area contributed by atoms with Crippen molar-refractivity contribution in [3.63, 3.8) is 0 Å². The zero-order valence-electron chi connectivity index (χ0n) is 21.7. The lowest BCUT2D eigenvalue weighted by Gasteiger charge is -2.25. The molecule has 0 aliphatic carbocycles. The van der Waals surface area contributed by atoms with Gasteiger partial charge in [-0.2, -0.15) is 26.3 Å². The molecule has 0 saturated carbocycles. The number of alkyl halides is 6. The third-order valence-electron chi connectivity index (χ3n) is 7.03. The first kappa shape index (κ1) is 28.3. The van der Waals surface area contributed by atoms with Crippen LogP contribution in [0.2, 0.25) is 0 Å². The number of amides is 1. The van der Waals surface area contributed by atoms with Crippen molar-refractivity contribution in [2.75, 3.05) is 6.54 Å². The lowest BCUT2D eigenvalue weighted by molar-refractivity contribution is -0.143. The molecule has 0 fully saturated rings. The summed E-state index contributed by atoms with van der Waals surface area (Å²) in [5.74, 6) is -1.71. The maximum Gasteiger partial charge on any atom is 0.416 e. The number of aryl methyl sites for hydroxylation is 1. The lowest BCUT2D eigenvalue weighted by atomic mass is 9.95. The van der Waals surface area contributed by atoms with Crippen molar-refractivity contribution in [1.82, 2.24) is 14.5 Å². The average Bonchev–Trinajstić information content (AvgIpc) is 3.00. The molecule has 0 N–H and O–H groups in total. The zero-order valence-corrected chi connectivity index (χ0v) is 21.7. The first-order valence-electron chi connectivity index (χ1n) is 12.5. The minimum absolute atomic E-state index is 0.0276. The van der Waals surface area contributed by atoms with Gasteiger partial charge in [-0.15, -0.1) is 0 Å². The maximum atomic E-state index is 14.1. The summed E-state index contributed by atoms with van der Waals surface area (Å²) in [4.78, 5) is 33.1. The number of carbonyl (C=O) groups excluding carboxylic acids is 1. The number of benzene rings is 2. The van der Waals surface area contributed by atoms with Crippen molar-refractivity contribution < 1.29 is 35.5 Å². The molecule has 0 spiro atoms. The summed E-state index contributed by atoms with van der Waals surface area (Å²) in [5.41, 5.74) is -2.68. The Labute approximate surface area is 228 Å². The predicted octanol–water partition coefficient (Wildman–Crippen LogP) is 6.84. The van der Waals surface area contributed by atoms with Crippen LogP contribution in [0.4, 0.5) is 30.7 Å². The Balaban J connectivity index is 1.73. The highest BCUT2D eigenvalue weighted by Crippen LogP contribution is 2.38. The molecule has 1 aliphatic rings. The minimum Gasteiger partial charge on any atom is -0.333 e. The quantitative estimate of drug-likeness (QED) is 0.251. The van der Waals surface area contributed by atoms with Gasteiger partial charge in [0.15, 0.2) is 0 Å². The molecule has 0 bridgehead atoms. The number of pyridine rings is 2. The largest absolute Gasteiger partial charge is 0.416 e. The predicted molar refractivity (Wildman–Crippen MR) is 136 cm³/mol. The third-order valence-corrected chi connectivity index (χ3v) is 7.03. The second-order valence-electron chi connectivity index (χ2n) is 10.2. The Hall–Kier alpha value is -4.22. The van der Waals surface area contributed by atoms with Gasteiger partial charge in [-0.1, -0.05) is 19.1 Å². The van der Waals surface area contributed by atoms with Crippen molar-refractivity contribution in [1.29, 1.82) is 0 Å². The van der Waals surface area contributed by atoms with Gasteiger partial charge in [0.25, 0.3) is 11.5 Å². The molecular weight excluding hydrogens is 555 g/mol. The Morgan fingerprint density at radius 1 is 0.902 bits per heavy atom. The Kier molecular flexibility index (Phi) is 6.91. The topological polar surface area (TPSA) is 55.2 Å². The number of halogens is 7. The van der Waals surface area contributed by atoms with Crippen LogP contribution in [0.3, 0.4) is 0 Å². The molecule has 12 heteroatoms. The van der Waals surface area contributed by atoms with Gasteiger partial charge in [0, 0.05) is 36.8 Å². The van der Waals surface area contributed by atoms with Gasteiger partial charge in [-0.25, -0.2) is 4.39 Å². The van der Waals surface area contributed by atoms with Gasteiger partial charge in [0.1, 0.15) is 17.0 Å². The third kappa shape index (κ3) is 5.30. The fourth-order valence-corrected chi connectivity index (χ4v) is 5.26. The van der Waals surface area contributed by atoms with Gasteiger partial charge < -0.3 is 9.47 Å². The monoisotopic (exact) mass is 577 g/mol. The van der Waals surface area contributed by atoms with E-state index in [9.17, 15) is 40.3 Å². The number of rotatable bonds is 3. The molecule has 0 unspecified atom stereocenters. The van der Waals surface area contributed by atoms with Crippen molar-refractivity contribution in [2.24, 2.45) is 5.92 Å². The second kappa shape index (κ2) is 10.0. The molecule has 41 heavy (non-hydrogen) atoms. The highest BCUT2D eigenvalue weighted by Gasteiger charge is 2.38. The molecule has 5 nitrogen and oxygen atoms in total. The molecule has 4 aromatic rings. The van der Waals surface area contributed by atoms with Crippen LogP contribution in [-0.4, -0.2) is 26.9 Å². The molecule has 0 saturated heterocycles. The fourth-order valence-electron chi connectivity index (χ4n) is 5.26. The molecule has 0 radical (unpaired) electrons. The molecular formula is C29H22F7N3O2. The average molecular weight is 578 g/mol. The molecule has 214 valence electrons. The van der Waals surface area contributed by atoms with Crippen LogP contribution in [0.1, 0.15) is 39.7 Å². The number of hydrogen-bond acceptors (Lipinski definition) is 3. The second-order valence-corrected chi connectivity index (χ2v) is 10.2. The lowest BCUT2D eigenvalue weighted by Crippen LogP contribution is -2.34. The Morgan fingerprint density at radius 3 is 2.10 bits per heavy atom. The van der Waals surface area contributed by atoms with Gasteiger partial charge >= 0.3 is 12.4 Å². The van der Waals surface area contributed by atoms with Crippen LogP contribution in [0.15, 0.2) is 59.5 Å². The van der Waals surface area contributed by atoms with Crippen LogP contribution in [-0.2, 0) is 25.4 Å². The molecule has 1 atom stereocenters. The van der Waals surface area contributed by atoms with E-state index in [0.717, 1.165) is 4.90 Å². The standard InChI is InChI=1S/C29H22F7N3O2/c1-15-12-38(14-17-9-19(28(31,32)33)11-20(10-17)29(34,35)36)27(41)25-23(18-3-5-21(30)6-4-18)22-16(2)7-8-37-24(22)26(40)39(25)13-15/h3-11,15H,12-14H2,1-2H3/t15-/m0/s1. The number of hydrogen-bond donors (Lipinski definition) is 0. The molecule has 1 aliphatic heterocycles. The van der Waals surface area contributed by atoms with E-state index >= 15 is 0 Å². The zero-order chi connectivity index (χ0) is 29.9. The summed E-state index contributed by atoms with van der Waals surface area (Å²) in [6.45, 7) is 2.82. The van der Waals surface area contributed by atoms with Crippen LogP contribution in [0, 0.1) is 18.7 Å². The van der Waals surface area contributed by atoms with E-state index < -0.39 is 53.2 Å². The summed E-state index contributed by atoms with van der Waals surface area (Å²) in [6.07, 6.45) is -8.66. The fraction of sp³-hybridized carbons (Fsp3) is 0.276. The number of nitrogens with zero attached hydrogens (tertiary/aromatic N) is 3. The van der Waals surface area contributed by atoms with Gasteiger partial charge in [-0.3, -0.25) is 14.6 Å². The molecule has 2 aromatic heterocycles. The van der Waals surface area contributed by atoms with E-state index in [4.69, 9.17) is 0 Å². The van der Waals surface area contributed by atoms with Crippen LogP contribution >= 0.6 is 0 Å². The summed E-state index contributed by atoms with van der Waals surface area (Å²) in [5, 5.41) is 0.344. The minimum atomic E-state index is -5.05. The first-order valence-corrected chi connectivity index (χ1v) is 12.5. The summed E-state index contributed by atoms with van der Waals surface area (Å²) < 4.78 is 96.0. The van der Waals surface area contributed by atoms with Gasteiger partial charge in [0.05, 0.1) is 11.1 Å². The first-order chi connectivity index (χ1) is 19.1. The summed E-state index contributed by atoms with van der Waals surface area (Å²) in [6, 6.07) is 8.04. The summed E-state index contributed by atoms with van der Waals surface area (Å²) in [7, 11) is 0. The van der Waals surface area contributed by atoms with Gasteiger partial charge in [-0.05, 0) is 65.9 Å². The van der Waals surface area contributed by atoms with Crippen molar-refractivity contribution in [3.8, 4) is 11.1 Å². The molecule has 3 heterocycles. The van der Waals surface area contributed by atoms with E-state index in [1.165, 1.54) is 35.0 Å². The highest BCUT2D eigenvalue weighted by molar-refractivity contribution is 6.08. The maximum absolute atomic E-state index is 14.1. The van der Waals surface area contributed by atoms with E-state index in [0.29, 0.717) is 28.6 Å². The van der Waals surface area contributed by atoms with E-state index in [-0.39, 0.29) is 41.5 Å². The van der Waals surface area contributed by atoms with E-state index in [1.807, 2.05) is 0 Å². The van der Waals surface area contributed by atoms with E-state index in [2.05, 4.69) is 4.98 Å². The van der Waals surface area contributed by atoms with Gasteiger partial charge in [0.2, 0.25) is 0 Å². The van der Waals surface area contributed by atoms with Crippen molar-refractivity contribution in [3.05, 3.63) is 98.8 Å². The molecule has 2 aromatic carbocycles. The molecule has 5 rings (SSSR count). The smallest absolute Gasteiger partial charge is 0.333 e. The van der Waals surface area contributed by atoms with Crippen molar-refractivity contribution in [2.45, 2.75) is 39.3 Å². The van der Waals surface area contributed by atoms with Crippen molar-refractivity contribution >= 4 is 16.8 Å². The summed E-state index contributed by atoms with van der Waals surface area (Å²) >= 11 is 0. The Bertz CT molecular complexity index is 1690. The normalized spacial score (nSPS) is 16.2. The van der Waals surface area contributed by atoms with Crippen LogP contribution in [0.25, 0.3) is 22.0 Å². The Morgan fingerprint density at radius 2 is 1.51 bits per heavy atom. The number of fused-ring (bicyclic) bond motifs is 2.